The zero-order valence-electron chi connectivity index (χ0n) is 15.7. The Morgan fingerprint density at radius 3 is 2.58 bits per heavy atom. The summed E-state index contributed by atoms with van der Waals surface area (Å²) in [5.41, 5.74) is 2.61. The van der Waals surface area contributed by atoms with Crippen molar-refractivity contribution in [1.29, 1.82) is 5.26 Å². The largest absolute Gasteiger partial charge is 0.324 e. The summed E-state index contributed by atoms with van der Waals surface area (Å²) < 4.78 is 0. The molecule has 2 atom stereocenters. The summed E-state index contributed by atoms with van der Waals surface area (Å²) in [6.45, 7) is 6.67. The lowest BCUT2D eigenvalue weighted by atomic mass is 9.83. The van der Waals surface area contributed by atoms with Crippen LogP contribution in [0.15, 0.2) is 30.3 Å². The second kappa shape index (κ2) is 9.49. The van der Waals surface area contributed by atoms with Gasteiger partial charge in [-0.15, -0.1) is 0 Å². The van der Waals surface area contributed by atoms with Gasteiger partial charge in [0.1, 0.15) is 0 Å². The van der Waals surface area contributed by atoms with Gasteiger partial charge >= 0.3 is 5.00 Å². The first-order valence-corrected chi connectivity index (χ1v) is 10.1. The minimum atomic E-state index is -0.379. The van der Waals surface area contributed by atoms with E-state index in [2.05, 4.69) is 26.8 Å². The van der Waals surface area contributed by atoms with Gasteiger partial charge in [0.2, 0.25) is 0 Å². The van der Waals surface area contributed by atoms with Crippen LogP contribution in [0.25, 0.3) is 10.4 Å². The summed E-state index contributed by atoms with van der Waals surface area (Å²) in [4.78, 5) is 11.3. The van der Waals surface area contributed by atoms with Crippen LogP contribution in [0.4, 0.5) is 5.00 Å². The fourth-order valence-corrected chi connectivity index (χ4v) is 4.05. The minimum absolute atomic E-state index is 0.122. The summed E-state index contributed by atoms with van der Waals surface area (Å²) in [5, 5.41) is 20.6. The molecule has 0 aliphatic heterocycles. The number of unbranched alkanes of at least 4 members (excludes halogenated alkanes) is 3. The fourth-order valence-electron chi connectivity index (χ4n) is 3.23. The molecule has 4 nitrogen and oxygen atoms in total. The monoisotopic (exact) mass is 370 g/mol. The Hall–Kier alpha value is -2.19. The summed E-state index contributed by atoms with van der Waals surface area (Å²) >= 11 is 1.14. The van der Waals surface area contributed by atoms with Gasteiger partial charge in [0.15, 0.2) is 0 Å². The Bertz CT molecular complexity index is 792. The molecule has 26 heavy (non-hydrogen) atoms. The Labute approximate surface area is 159 Å². The number of thiophene rings is 1. The third kappa shape index (κ3) is 4.92. The maximum Gasteiger partial charge on any atom is 0.324 e. The minimum Gasteiger partial charge on any atom is -0.258 e. The Morgan fingerprint density at radius 1 is 1.19 bits per heavy atom. The van der Waals surface area contributed by atoms with Gasteiger partial charge in [-0.1, -0.05) is 76.3 Å². The average Bonchev–Trinajstić information content (AvgIpc) is 3.14. The van der Waals surface area contributed by atoms with Crippen molar-refractivity contribution in [2.45, 2.75) is 58.8 Å². The highest BCUT2D eigenvalue weighted by atomic mass is 32.1. The number of hydrogen-bond donors (Lipinski definition) is 0. The normalized spacial score (nSPS) is 13.2. The first kappa shape index (κ1) is 20.1. The molecule has 0 bridgehead atoms. The second-order valence-corrected chi connectivity index (χ2v) is 7.99. The maximum absolute atomic E-state index is 10.9. The van der Waals surface area contributed by atoms with Crippen LogP contribution in [-0.2, 0) is 0 Å². The molecule has 0 saturated carbocycles. The van der Waals surface area contributed by atoms with Crippen LogP contribution in [0.1, 0.15) is 69.9 Å². The van der Waals surface area contributed by atoms with Gasteiger partial charge in [-0.05, 0) is 35.1 Å². The first-order chi connectivity index (χ1) is 12.5. The molecule has 5 heteroatoms. The van der Waals surface area contributed by atoms with Crippen LogP contribution >= 0.6 is 11.3 Å². The van der Waals surface area contributed by atoms with Crippen molar-refractivity contribution in [2.75, 3.05) is 0 Å². The number of nitrogens with zero attached hydrogens (tertiary/aromatic N) is 2. The highest BCUT2D eigenvalue weighted by Crippen LogP contribution is 2.36. The molecule has 138 valence electrons. The van der Waals surface area contributed by atoms with Crippen molar-refractivity contribution in [2.24, 2.45) is 5.92 Å². The molecule has 0 radical (unpaired) electrons. The lowest BCUT2D eigenvalue weighted by molar-refractivity contribution is -0.380. The molecule has 1 aromatic heterocycles. The van der Waals surface area contributed by atoms with E-state index in [1.165, 1.54) is 38.2 Å². The zero-order chi connectivity index (χ0) is 19.1. The molecule has 0 saturated heterocycles. The average molecular weight is 371 g/mol. The van der Waals surface area contributed by atoms with Crippen LogP contribution < -0.4 is 0 Å². The van der Waals surface area contributed by atoms with Gasteiger partial charge in [0.05, 0.1) is 16.6 Å². The number of rotatable bonds is 9. The Balaban J connectivity index is 2.17. The van der Waals surface area contributed by atoms with Crippen molar-refractivity contribution < 1.29 is 4.92 Å². The molecule has 0 fully saturated rings. The third-order valence-corrected chi connectivity index (χ3v) is 6.17. The smallest absolute Gasteiger partial charge is 0.258 e. The van der Waals surface area contributed by atoms with E-state index in [0.29, 0.717) is 17.4 Å². The molecule has 0 aliphatic rings. The van der Waals surface area contributed by atoms with Gasteiger partial charge in [0.25, 0.3) is 0 Å². The lowest BCUT2D eigenvalue weighted by Gasteiger charge is -2.21. The molecule has 0 N–H and O–H groups in total. The molecule has 0 aliphatic carbocycles. The van der Waals surface area contributed by atoms with Crippen molar-refractivity contribution in [1.82, 2.24) is 0 Å². The number of nitriles is 1. The zero-order valence-corrected chi connectivity index (χ0v) is 16.5. The van der Waals surface area contributed by atoms with Crippen LogP contribution in [0.5, 0.6) is 0 Å². The second-order valence-electron chi connectivity index (χ2n) is 6.92. The molecule has 1 heterocycles. The predicted octanol–water partition coefficient (Wildman–Crippen LogP) is 6.90. The van der Waals surface area contributed by atoms with E-state index in [-0.39, 0.29) is 9.92 Å². The van der Waals surface area contributed by atoms with Crippen LogP contribution in [0.2, 0.25) is 0 Å². The van der Waals surface area contributed by atoms with Crippen molar-refractivity contribution in [3.05, 3.63) is 51.6 Å². The van der Waals surface area contributed by atoms with E-state index in [1.807, 2.05) is 18.2 Å². The van der Waals surface area contributed by atoms with Gasteiger partial charge in [-0.3, -0.25) is 10.1 Å². The summed E-state index contributed by atoms with van der Waals surface area (Å²) in [5.74, 6) is 0.839. The number of benzene rings is 1. The van der Waals surface area contributed by atoms with Gasteiger partial charge in [-0.25, -0.2) is 0 Å². The van der Waals surface area contributed by atoms with Crippen LogP contribution in [-0.4, -0.2) is 4.92 Å². The fraction of sp³-hybridized carbons (Fsp3) is 0.476. The van der Waals surface area contributed by atoms with Crippen LogP contribution in [0, 0.1) is 27.4 Å². The van der Waals surface area contributed by atoms with Gasteiger partial charge in [-0.2, -0.15) is 5.26 Å². The van der Waals surface area contributed by atoms with E-state index in [0.717, 1.165) is 27.3 Å². The first-order valence-electron chi connectivity index (χ1n) is 9.26. The maximum atomic E-state index is 10.9. The van der Waals surface area contributed by atoms with Gasteiger partial charge < -0.3 is 0 Å². The summed E-state index contributed by atoms with van der Waals surface area (Å²) in [7, 11) is 0. The van der Waals surface area contributed by atoms with Crippen molar-refractivity contribution in [3.8, 4) is 16.5 Å². The van der Waals surface area contributed by atoms with E-state index in [4.69, 9.17) is 0 Å². The topological polar surface area (TPSA) is 66.9 Å². The molecule has 2 unspecified atom stereocenters. The Kier molecular flexibility index (Phi) is 7.35. The van der Waals surface area contributed by atoms with E-state index in [1.54, 1.807) is 6.07 Å². The molecule has 0 spiro atoms. The van der Waals surface area contributed by atoms with E-state index < -0.39 is 0 Å². The summed E-state index contributed by atoms with van der Waals surface area (Å²) in [6, 6.07) is 11.4. The standard InChI is InChI=1S/C21H26N2O2S/c1-4-5-6-7-8-15(2)16(3)19-10-9-17(13-18(19)14-22)20-11-12-21(26-20)23(24)25/h9-13,15-16H,4-8H2,1-3H3. The summed E-state index contributed by atoms with van der Waals surface area (Å²) in [6.07, 6.45) is 6.20. The van der Waals surface area contributed by atoms with Crippen LogP contribution in [0.3, 0.4) is 0 Å². The number of nitro groups is 1. The SMILES string of the molecule is CCCCCCC(C)C(C)c1ccc(-c2ccc([N+](=O)[O-])s2)cc1C#N. The molecular weight excluding hydrogens is 344 g/mol. The van der Waals surface area contributed by atoms with E-state index in [9.17, 15) is 15.4 Å². The molecule has 2 aromatic rings. The third-order valence-electron chi connectivity index (χ3n) is 5.09. The molecule has 0 amide bonds. The Morgan fingerprint density at radius 2 is 1.96 bits per heavy atom. The highest BCUT2D eigenvalue weighted by Gasteiger charge is 2.19. The molecule has 2 rings (SSSR count). The number of hydrogen-bond acceptors (Lipinski definition) is 4. The predicted molar refractivity (Wildman–Crippen MR) is 107 cm³/mol. The van der Waals surface area contributed by atoms with Gasteiger partial charge in [0, 0.05) is 10.9 Å². The lowest BCUT2D eigenvalue weighted by Crippen LogP contribution is -2.08. The van der Waals surface area contributed by atoms with Crippen molar-refractivity contribution in [3.63, 3.8) is 0 Å². The highest BCUT2D eigenvalue weighted by molar-refractivity contribution is 7.18. The molecular formula is C21H26N2O2S. The molecule has 1 aromatic carbocycles. The van der Waals surface area contributed by atoms with Crippen molar-refractivity contribution >= 4 is 16.3 Å². The quantitative estimate of drug-likeness (QED) is 0.274. The van der Waals surface area contributed by atoms with E-state index >= 15 is 0 Å².